The molecule has 0 unspecified atom stereocenters. The maximum Gasteiger partial charge on any atom is 0.224 e. The number of methoxy groups -OCH3 is 3. The lowest BCUT2D eigenvalue weighted by Gasteiger charge is -2.14. The van der Waals surface area contributed by atoms with Crippen LogP contribution in [0.1, 0.15) is 12.0 Å². The molecule has 6 nitrogen and oxygen atoms in total. The van der Waals surface area contributed by atoms with E-state index in [-0.39, 0.29) is 5.91 Å². The van der Waals surface area contributed by atoms with Crippen LogP contribution in [0.25, 0.3) is 0 Å². The molecule has 1 amide bonds. The minimum atomic E-state index is -0.110. The van der Waals surface area contributed by atoms with Gasteiger partial charge in [-0.25, -0.2) is 0 Å². The van der Waals surface area contributed by atoms with Crippen LogP contribution in [0.5, 0.6) is 17.2 Å². The van der Waals surface area contributed by atoms with Crippen molar-refractivity contribution in [2.45, 2.75) is 12.8 Å². The summed E-state index contributed by atoms with van der Waals surface area (Å²) in [5.74, 6) is 1.56. The molecule has 6 heteroatoms. The van der Waals surface area contributed by atoms with E-state index in [2.05, 4.69) is 5.32 Å². The minimum Gasteiger partial charge on any atom is -0.493 e. The third kappa shape index (κ3) is 4.10. The average Bonchev–Trinajstić information content (AvgIpc) is 2.60. The molecular formula is C18H22N2O4. The quantitative estimate of drug-likeness (QED) is 0.763. The summed E-state index contributed by atoms with van der Waals surface area (Å²) in [5, 5.41) is 2.81. The summed E-state index contributed by atoms with van der Waals surface area (Å²) in [6.45, 7) is 0. The predicted molar refractivity (Wildman–Crippen MR) is 93.9 cm³/mol. The molecule has 0 fully saturated rings. The number of nitrogen functional groups attached to an aromatic ring is 1. The van der Waals surface area contributed by atoms with Crippen LogP contribution in [0.15, 0.2) is 36.4 Å². The van der Waals surface area contributed by atoms with Crippen LogP contribution >= 0.6 is 0 Å². The van der Waals surface area contributed by atoms with Gasteiger partial charge in [-0.15, -0.1) is 0 Å². The minimum absolute atomic E-state index is 0.110. The molecule has 2 aromatic carbocycles. The number of ether oxygens (including phenoxy) is 3. The SMILES string of the molecule is COc1cc(CCC(=O)Nc2ccccc2N)cc(OC)c1OC. The van der Waals surface area contributed by atoms with Gasteiger partial charge in [0.25, 0.3) is 0 Å². The first-order chi connectivity index (χ1) is 11.6. The Bertz CT molecular complexity index is 691. The lowest BCUT2D eigenvalue weighted by atomic mass is 10.1. The number of aryl methyl sites for hydroxylation is 1. The summed E-state index contributed by atoms with van der Waals surface area (Å²) >= 11 is 0. The number of nitrogens with two attached hydrogens (primary N) is 1. The number of hydrogen-bond donors (Lipinski definition) is 2. The molecule has 2 rings (SSSR count). The number of rotatable bonds is 7. The Labute approximate surface area is 141 Å². The van der Waals surface area contributed by atoms with Gasteiger partial charge in [0.05, 0.1) is 32.7 Å². The fourth-order valence-electron chi connectivity index (χ4n) is 2.36. The number of benzene rings is 2. The second-order valence-corrected chi connectivity index (χ2v) is 5.17. The third-order valence-corrected chi connectivity index (χ3v) is 3.60. The number of nitrogens with one attached hydrogen (secondary N) is 1. The van der Waals surface area contributed by atoms with Crippen LogP contribution in [0.2, 0.25) is 0 Å². The lowest BCUT2D eigenvalue weighted by Crippen LogP contribution is -2.13. The van der Waals surface area contributed by atoms with Crippen molar-refractivity contribution >= 4 is 17.3 Å². The highest BCUT2D eigenvalue weighted by Crippen LogP contribution is 2.38. The molecule has 0 saturated carbocycles. The normalized spacial score (nSPS) is 10.1. The molecule has 0 aliphatic carbocycles. The van der Waals surface area contributed by atoms with Crippen molar-refractivity contribution in [1.82, 2.24) is 0 Å². The van der Waals surface area contributed by atoms with Crippen LogP contribution in [0, 0.1) is 0 Å². The molecule has 0 aliphatic heterocycles. The highest BCUT2D eigenvalue weighted by molar-refractivity contribution is 5.93. The molecule has 0 saturated heterocycles. The number of anilines is 2. The number of hydrogen-bond acceptors (Lipinski definition) is 5. The van der Waals surface area contributed by atoms with E-state index in [1.807, 2.05) is 24.3 Å². The molecule has 128 valence electrons. The second kappa shape index (κ2) is 8.10. The molecule has 0 aromatic heterocycles. The Morgan fingerprint density at radius 1 is 1.04 bits per heavy atom. The van der Waals surface area contributed by atoms with Crippen LogP contribution in [0.4, 0.5) is 11.4 Å². The predicted octanol–water partition coefficient (Wildman–Crippen LogP) is 2.87. The Hall–Kier alpha value is -2.89. The topological polar surface area (TPSA) is 82.8 Å². The first-order valence-corrected chi connectivity index (χ1v) is 7.52. The van der Waals surface area contributed by atoms with Gasteiger partial charge in [0.1, 0.15) is 0 Å². The van der Waals surface area contributed by atoms with Crippen molar-refractivity contribution < 1.29 is 19.0 Å². The molecule has 0 bridgehead atoms. The van der Waals surface area contributed by atoms with Gasteiger partial charge in [0.15, 0.2) is 11.5 Å². The maximum atomic E-state index is 12.1. The summed E-state index contributed by atoms with van der Waals surface area (Å²) in [6.07, 6.45) is 0.849. The monoisotopic (exact) mass is 330 g/mol. The Balaban J connectivity index is 2.06. The maximum absolute atomic E-state index is 12.1. The molecule has 0 heterocycles. The number of para-hydroxylation sites is 2. The molecule has 2 aromatic rings. The zero-order chi connectivity index (χ0) is 17.5. The molecule has 0 atom stereocenters. The van der Waals surface area contributed by atoms with Crippen molar-refractivity contribution in [2.24, 2.45) is 0 Å². The first kappa shape index (κ1) is 17.5. The smallest absolute Gasteiger partial charge is 0.224 e. The van der Waals surface area contributed by atoms with Gasteiger partial charge >= 0.3 is 0 Å². The molecule has 0 spiro atoms. The van der Waals surface area contributed by atoms with Gasteiger partial charge in [0.2, 0.25) is 11.7 Å². The molecule has 0 aliphatic rings. The number of carbonyl (C=O) groups excluding carboxylic acids is 1. The van der Waals surface area contributed by atoms with Gasteiger partial charge in [-0.05, 0) is 36.2 Å². The van der Waals surface area contributed by atoms with E-state index >= 15 is 0 Å². The van der Waals surface area contributed by atoms with Gasteiger partial charge in [-0.3, -0.25) is 4.79 Å². The zero-order valence-electron chi connectivity index (χ0n) is 14.1. The summed E-state index contributed by atoms with van der Waals surface area (Å²) in [6, 6.07) is 10.8. The lowest BCUT2D eigenvalue weighted by molar-refractivity contribution is -0.116. The highest BCUT2D eigenvalue weighted by Gasteiger charge is 2.14. The van der Waals surface area contributed by atoms with Crippen molar-refractivity contribution in [1.29, 1.82) is 0 Å². The summed E-state index contributed by atoms with van der Waals surface area (Å²) < 4.78 is 15.9. The standard InChI is InChI=1S/C18H22N2O4/c1-22-15-10-12(11-16(23-2)18(15)24-3)8-9-17(21)20-14-7-5-4-6-13(14)19/h4-7,10-11H,8-9,19H2,1-3H3,(H,20,21). The first-order valence-electron chi connectivity index (χ1n) is 7.52. The Kier molecular flexibility index (Phi) is 5.89. The molecular weight excluding hydrogens is 308 g/mol. The summed E-state index contributed by atoms with van der Waals surface area (Å²) in [5.41, 5.74) is 7.90. The van der Waals surface area contributed by atoms with E-state index in [1.54, 1.807) is 33.5 Å². The fraction of sp³-hybridized carbons (Fsp3) is 0.278. The average molecular weight is 330 g/mol. The van der Waals surface area contributed by atoms with E-state index in [0.29, 0.717) is 41.5 Å². The second-order valence-electron chi connectivity index (χ2n) is 5.17. The van der Waals surface area contributed by atoms with Crippen LogP contribution in [-0.2, 0) is 11.2 Å². The van der Waals surface area contributed by atoms with Gasteiger partial charge in [-0.2, -0.15) is 0 Å². The van der Waals surface area contributed by atoms with Crippen LogP contribution < -0.4 is 25.3 Å². The molecule has 24 heavy (non-hydrogen) atoms. The summed E-state index contributed by atoms with van der Waals surface area (Å²) in [7, 11) is 4.68. The Morgan fingerprint density at radius 3 is 2.21 bits per heavy atom. The molecule has 3 N–H and O–H groups in total. The van der Waals surface area contributed by atoms with Gasteiger partial charge in [-0.1, -0.05) is 12.1 Å². The highest BCUT2D eigenvalue weighted by atomic mass is 16.5. The summed E-state index contributed by atoms with van der Waals surface area (Å²) in [4.78, 5) is 12.1. The zero-order valence-corrected chi connectivity index (χ0v) is 14.1. The van der Waals surface area contributed by atoms with Crippen molar-refractivity contribution in [3.05, 3.63) is 42.0 Å². The van der Waals surface area contributed by atoms with Crippen molar-refractivity contribution in [3.8, 4) is 17.2 Å². The van der Waals surface area contributed by atoms with Crippen molar-refractivity contribution in [2.75, 3.05) is 32.4 Å². The molecule has 0 radical (unpaired) electrons. The van der Waals surface area contributed by atoms with Gasteiger partial charge in [0, 0.05) is 6.42 Å². The van der Waals surface area contributed by atoms with E-state index in [9.17, 15) is 4.79 Å². The van der Waals surface area contributed by atoms with Gasteiger partial charge < -0.3 is 25.3 Å². The van der Waals surface area contributed by atoms with E-state index < -0.39 is 0 Å². The number of carbonyl (C=O) groups is 1. The van der Waals surface area contributed by atoms with Crippen molar-refractivity contribution in [3.63, 3.8) is 0 Å². The van der Waals surface area contributed by atoms with E-state index in [4.69, 9.17) is 19.9 Å². The number of amides is 1. The third-order valence-electron chi connectivity index (χ3n) is 3.60. The van der Waals surface area contributed by atoms with E-state index in [1.165, 1.54) is 0 Å². The van der Waals surface area contributed by atoms with Crippen LogP contribution in [0.3, 0.4) is 0 Å². The Morgan fingerprint density at radius 2 is 1.67 bits per heavy atom. The van der Waals surface area contributed by atoms with Crippen LogP contribution in [-0.4, -0.2) is 27.2 Å². The largest absolute Gasteiger partial charge is 0.493 e. The fourth-order valence-corrected chi connectivity index (χ4v) is 2.36. The van der Waals surface area contributed by atoms with E-state index in [0.717, 1.165) is 5.56 Å².